The molecule has 0 spiro atoms. The highest BCUT2D eigenvalue weighted by Crippen LogP contribution is 2.38. The molecular weight excluding hydrogens is 619 g/mol. The lowest BCUT2D eigenvalue weighted by atomic mass is 10.1. The van der Waals surface area contributed by atoms with Crippen LogP contribution in [0.15, 0.2) is 64.0 Å². The fourth-order valence-corrected chi connectivity index (χ4v) is 5.65. The molecule has 1 amide bonds. The van der Waals surface area contributed by atoms with Crippen molar-refractivity contribution >= 4 is 55.1 Å². The summed E-state index contributed by atoms with van der Waals surface area (Å²) in [6.07, 6.45) is 0. The van der Waals surface area contributed by atoms with Crippen molar-refractivity contribution in [3.05, 3.63) is 80.2 Å². The third-order valence-corrected chi connectivity index (χ3v) is 8.75. The van der Waals surface area contributed by atoms with E-state index in [0.717, 1.165) is 8.78 Å². The van der Waals surface area contributed by atoms with E-state index in [2.05, 4.69) is 15.9 Å². The Balaban J connectivity index is 1.89. The number of halogens is 3. The third-order valence-electron chi connectivity index (χ3n) is 5.68. The average molecular weight is 646 g/mol. The van der Waals surface area contributed by atoms with Gasteiger partial charge in [-0.15, -0.1) is 0 Å². The monoisotopic (exact) mass is 644 g/mol. The lowest BCUT2D eigenvalue weighted by Crippen LogP contribution is -2.40. The minimum atomic E-state index is -4.04. The van der Waals surface area contributed by atoms with E-state index in [1.807, 2.05) is 0 Å². The molecule has 3 rings (SSSR count). The van der Waals surface area contributed by atoms with Crippen molar-refractivity contribution in [2.75, 3.05) is 34.9 Å². The summed E-state index contributed by atoms with van der Waals surface area (Å²) in [6.45, 7) is -0.312. The first-order chi connectivity index (χ1) is 18.0. The first-order valence-corrected chi connectivity index (χ1v) is 14.2. The molecule has 0 saturated carbocycles. The van der Waals surface area contributed by atoms with Crippen molar-refractivity contribution in [2.24, 2.45) is 0 Å². The maximum Gasteiger partial charge on any atom is 0.243 e. The molecular formula is C26H27BrCl2N2O6S. The predicted molar refractivity (Wildman–Crippen MR) is 151 cm³/mol. The van der Waals surface area contributed by atoms with Gasteiger partial charge in [0.25, 0.3) is 0 Å². The Bertz CT molecular complexity index is 1380. The Hall–Kier alpha value is -2.50. The molecule has 204 valence electrons. The standard InChI is InChI=1S/C26H27BrCl2N2O6S/c1-30(14-18-12-23(35-2)26(37-4)24(13-18)36-3)25(32)16-31(15-17-5-10-21(28)22(29)11-17)38(33,34)20-8-6-19(27)7-9-20/h5-13H,14-16H2,1-4H3. The largest absolute Gasteiger partial charge is 0.493 e. The van der Waals surface area contributed by atoms with Crippen LogP contribution in [-0.4, -0.2) is 58.5 Å². The molecule has 0 saturated heterocycles. The van der Waals surface area contributed by atoms with Gasteiger partial charge >= 0.3 is 0 Å². The molecule has 3 aromatic carbocycles. The van der Waals surface area contributed by atoms with E-state index in [0.29, 0.717) is 33.4 Å². The van der Waals surface area contributed by atoms with Crippen LogP contribution in [0.1, 0.15) is 11.1 Å². The van der Waals surface area contributed by atoms with Gasteiger partial charge in [-0.05, 0) is 59.7 Å². The summed E-state index contributed by atoms with van der Waals surface area (Å²) in [5.74, 6) is 0.907. The van der Waals surface area contributed by atoms with Crippen LogP contribution in [-0.2, 0) is 27.9 Å². The van der Waals surface area contributed by atoms with Crippen molar-refractivity contribution in [3.63, 3.8) is 0 Å². The highest BCUT2D eigenvalue weighted by molar-refractivity contribution is 9.10. The minimum Gasteiger partial charge on any atom is -0.493 e. The van der Waals surface area contributed by atoms with Crippen LogP contribution < -0.4 is 14.2 Å². The highest BCUT2D eigenvalue weighted by Gasteiger charge is 2.28. The smallest absolute Gasteiger partial charge is 0.243 e. The number of carbonyl (C=O) groups excluding carboxylic acids is 1. The molecule has 0 fully saturated rings. The van der Waals surface area contributed by atoms with E-state index in [-0.39, 0.29) is 23.0 Å². The van der Waals surface area contributed by atoms with E-state index in [4.69, 9.17) is 37.4 Å². The summed E-state index contributed by atoms with van der Waals surface area (Å²) in [6, 6.07) is 14.5. The predicted octanol–water partition coefficient (Wildman–Crippen LogP) is 5.63. The van der Waals surface area contributed by atoms with Crippen LogP contribution in [0.3, 0.4) is 0 Å². The van der Waals surface area contributed by atoms with Crippen molar-refractivity contribution in [3.8, 4) is 17.2 Å². The third kappa shape index (κ3) is 7.12. The summed E-state index contributed by atoms with van der Waals surface area (Å²) in [7, 11) is 2.07. The van der Waals surface area contributed by atoms with Gasteiger partial charge in [-0.1, -0.05) is 45.2 Å². The van der Waals surface area contributed by atoms with Gasteiger partial charge in [-0.3, -0.25) is 4.79 Å². The van der Waals surface area contributed by atoms with Gasteiger partial charge < -0.3 is 19.1 Å². The summed E-state index contributed by atoms with van der Waals surface area (Å²) in [5, 5.41) is 0.634. The molecule has 12 heteroatoms. The van der Waals surface area contributed by atoms with Crippen molar-refractivity contribution in [1.29, 1.82) is 0 Å². The van der Waals surface area contributed by atoms with E-state index in [1.165, 1.54) is 38.4 Å². The minimum absolute atomic E-state index is 0.0563. The molecule has 0 bridgehead atoms. The van der Waals surface area contributed by atoms with Gasteiger partial charge in [0.15, 0.2) is 11.5 Å². The molecule has 0 aliphatic rings. The van der Waals surface area contributed by atoms with Crippen molar-refractivity contribution < 1.29 is 27.4 Å². The van der Waals surface area contributed by atoms with Gasteiger partial charge in [0.1, 0.15) is 0 Å². The lowest BCUT2D eigenvalue weighted by molar-refractivity contribution is -0.130. The summed E-state index contributed by atoms with van der Waals surface area (Å²) in [5.41, 5.74) is 1.29. The topological polar surface area (TPSA) is 85.4 Å². The average Bonchev–Trinajstić information content (AvgIpc) is 2.89. The number of rotatable bonds is 11. The zero-order valence-electron chi connectivity index (χ0n) is 21.2. The number of likely N-dealkylation sites (N-methyl/N-ethyl adjacent to an activating group) is 1. The SMILES string of the molecule is COc1cc(CN(C)C(=O)CN(Cc2ccc(Cl)c(Cl)c2)S(=O)(=O)c2ccc(Br)cc2)cc(OC)c1OC. The van der Waals surface area contributed by atoms with Crippen molar-refractivity contribution in [2.45, 2.75) is 18.0 Å². The van der Waals surface area contributed by atoms with E-state index in [1.54, 1.807) is 49.5 Å². The Morgan fingerprint density at radius 1 is 0.842 bits per heavy atom. The van der Waals surface area contributed by atoms with Crippen LogP contribution in [0, 0.1) is 0 Å². The number of benzene rings is 3. The molecule has 0 aliphatic heterocycles. The number of nitrogens with zero attached hydrogens (tertiary/aromatic N) is 2. The molecule has 0 unspecified atom stereocenters. The Kier molecular flexibility index (Phi) is 10.3. The second-order valence-electron chi connectivity index (χ2n) is 8.26. The molecule has 3 aromatic rings. The number of sulfonamides is 1. The van der Waals surface area contributed by atoms with Crippen LogP contribution in [0.25, 0.3) is 0 Å². The second kappa shape index (κ2) is 13.0. The number of methoxy groups -OCH3 is 3. The maximum absolute atomic E-state index is 13.6. The quantitative estimate of drug-likeness (QED) is 0.269. The molecule has 0 aromatic heterocycles. The molecule has 38 heavy (non-hydrogen) atoms. The first-order valence-electron chi connectivity index (χ1n) is 11.2. The Labute approximate surface area is 241 Å². The summed E-state index contributed by atoms with van der Waals surface area (Å²) >= 11 is 15.5. The second-order valence-corrected chi connectivity index (χ2v) is 11.9. The fourth-order valence-electron chi connectivity index (χ4n) is 3.68. The molecule has 0 aliphatic carbocycles. The van der Waals surface area contributed by atoms with Gasteiger partial charge in [0, 0.05) is 24.6 Å². The number of hydrogen-bond acceptors (Lipinski definition) is 6. The van der Waals surface area contributed by atoms with Gasteiger partial charge in [0.2, 0.25) is 21.7 Å². The zero-order chi connectivity index (χ0) is 28.0. The van der Waals surface area contributed by atoms with Crippen LogP contribution >= 0.6 is 39.1 Å². The first kappa shape index (κ1) is 30.0. The highest BCUT2D eigenvalue weighted by atomic mass is 79.9. The maximum atomic E-state index is 13.6. The summed E-state index contributed by atoms with van der Waals surface area (Å²) < 4.78 is 45.2. The van der Waals surface area contributed by atoms with Crippen LogP contribution in [0.2, 0.25) is 10.0 Å². The number of hydrogen-bond donors (Lipinski definition) is 0. The Morgan fingerprint density at radius 3 is 1.97 bits per heavy atom. The lowest BCUT2D eigenvalue weighted by Gasteiger charge is -2.25. The number of carbonyl (C=O) groups is 1. The van der Waals surface area contributed by atoms with E-state index >= 15 is 0 Å². The zero-order valence-corrected chi connectivity index (χ0v) is 25.1. The molecule has 0 heterocycles. The van der Waals surface area contributed by atoms with Crippen LogP contribution in [0.4, 0.5) is 0 Å². The number of ether oxygens (including phenoxy) is 3. The molecule has 8 nitrogen and oxygen atoms in total. The van der Waals surface area contributed by atoms with Gasteiger partial charge in [-0.25, -0.2) is 8.42 Å². The Morgan fingerprint density at radius 2 is 1.45 bits per heavy atom. The van der Waals surface area contributed by atoms with E-state index < -0.39 is 22.5 Å². The van der Waals surface area contributed by atoms with Gasteiger partial charge in [0.05, 0.1) is 42.8 Å². The molecule has 0 N–H and O–H groups in total. The number of amides is 1. The van der Waals surface area contributed by atoms with E-state index in [9.17, 15) is 13.2 Å². The summed E-state index contributed by atoms with van der Waals surface area (Å²) in [4.78, 5) is 14.8. The molecule has 0 radical (unpaired) electrons. The van der Waals surface area contributed by atoms with Crippen molar-refractivity contribution in [1.82, 2.24) is 9.21 Å². The van der Waals surface area contributed by atoms with Crippen LogP contribution in [0.5, 0.6) is 17.2 Å². The fraction of sp³-hybridized carbons (Fsp3) is 0.269. The van der Waals surface area contributed by atoms with Gasteiger partial charge in [-0.2, -0.15) is 4.31 Å². The normalized spacial score (nSPS) is 11.4. The molecule has 0 atom stereocenters.